The van der Waals surface area contributed by atoms with E-state index in [-0.39, 0.29) is 17.8 Å². The van der Waals surface area contributed by atoms with Crippen molar-refractivity contribution in [2.24, 2.45) is 5.92 Å². The lowest BCUT2D eigenvalue weighted by Crippen LogP contribution is -2.25. The minimum atomic E-state index is -0.372. The number of esters is 1. The van der Waals surface area contributed by atoms with Crippen LogP contribution in [0, 0.1) is 12.8 Å². The van der Waals surface area contributed by atoms with Crippen molar-refractivity contribution in [3.8, 4) is 0 Å². The van der Waals surface area contributed by atoms with E-state index in [0.29, 0.717) is 29.4 Å². The van der Waals surface area contributed by atoms with E-state index in [0.717, 1.165) is 16.9 Å². The highest BCUT2D eigenvalue weighted by molar-refractivity contribution is 7.17. The van der Waals surface area contributed by atoms with Crippen LogP contribution in [-0.2, 0) is 16.0 Å². The summed E-state index contributed by atoms with van der Waals surface area (Å²) in [5, 5.41) is 0.712. The molecule has 1 aliphatic rings. The van der Waals surface area contributed by atoms with Gasteiger partial charge in [-0.1, -0.05) is 6.92 Å². The number of nitrogens with zero attached hydrogens (tertiary/aromatic N) is 1. The summed E-state index contributed by atoms with van der Waals surface area (Å²) in [6, 6.07) is 0. The van der Waals surface area contributed by atoms with Crippen LogP contribution in [0.4, 0.5) is 5.00 Å². The lowest BCUT2D eigenvalue weighted by Gasteiger charge is -2.16. The average molecular weight is 316 g/mol. The van der Waals surface area contributed by atoms with Gasteiger partial charge in [-0.15, -0.1) is 22.9 Å². The second-order valence-corrected chi connectivity index (χ2v) is 6.40. The Hall–Kier alpha value is -1.07. The molecule has 0 aliphatic carbocycles. The van der Waals surface area contributed by atoms with Crippen LogP contribution < -0.4 is 4.90 Å². The highest BCUT2D eigenvalue weighted by atomic mass is 35.5. The van der Waals surface area contributed by atoms with Crippen molar-refractivity contribution in [3.63, 3.8) is 0 Å². The van der Waals surface area contributed by atoms with Crippen LogP contribution in [0.15, 0.2) is 0 Å². The fourth-order valence-corrected chi connectivity index (χ4v) is 4.03. The standard InChI is InChI=1S/C14H18ClNO3S/c1-4-10-8(2)20-13(12(10)14(18)19-3)16-7-9(6-15)5-11(16)17/h9H,4-7H2,1-3H3. The molecule has 0 saturated carbocycles. The fourth-order valence-electron chi connectivity index (χ4n) is 2.57. The lowest BCUT2D eigenvalue weighted by atomic mass is 10.1. The van der Waals surface area contributed by atoms with E-state index in [4.69, 9.17) is 16.3 Å². The summed E-state index contributed by atoms with van der Waals surface area (Å²) in [6.45, 7) is 4.55. The fraction of sp³-hybridized carbons (Fsp3) is 0.571. The van der Waals surface area contributed by atoms with Gasteiger partial charge in [0.25, 0.3) is 0 Å². The van der Waals surface area contributed by atoms with Gasteiger partial charge in [-0.05, 0) is 24.8 Å². The number of thiophene rings is 1. The molecule has 1 fully saturated rings. The third-order valence-corrected chi connectivity index (χ3v) is 5.21. The Morgan fingerprint density at radius 3 is 2.75 bits per heavy atom. The average Bonchev–Trinajstić information content (AvgIpc) is 2.97. The molecule has 0 N–H and O–H groups in total. The molecule has 0 aromatic carbocycles. The predicted molar refractivity (Wildman–Crippen MR) is 81.0 cm³/mol. The number of aryl methyl sites for hydroxylation is 1. The second-order valence-electron chi connectivity index (χ2n) is 4.89. The smallest absolute Gasteiger partial charge is 0.341 e. The molecule has 1 atom stereocenters. The molecule has 1 aliphatic heterocycles. The predicted octanol–water partition coefficient (Wildman–Crippen LogP) is 3.00. The summed E-state index contributed by atoms with van der Waals surface area (Å²) in [5.41, 5.74) is 1.51. The zero-order valence-electron chi connectivity index (χ0n) is 11.9. The largest absolute Gasteiger partial charge is 0.465 e. The number of rotatable bonds is 4. The first kappa shape index (κ1) is 15.3. The van der Waals surface area contributed by atoms with Crippen LogP contribution in [-0.4, -0.2) is 31.4 Å². The normalized spacial score (nSPS) is 18.7. The van der Waals surface area contributed by atoms with E-state index in [1.54, 1.807) is 4.90 Å². The number of hydrogen-bond donors (Lipinski definition) is 0. The number of carbonyl (C=O) groups excluding carboxylic acids is 2. The van der Waals surface area contributed by atoms with Gasteiger partial charge in [0.2, 0.25) is 5.91 Å². The van der Waals surface area contributed by atoms with E-state index in [1.807, 2.05) is 13.8 Å². The zero-order valence-corrected chi connectivity index (χ0v) is 13.4. The maximum Gasteiger partial charge on any atom is 0.341 e. The second kappa shape index (κ2) is 6.14. The van der Waals surface area contributed by atoms with Gasteiger partial charge in [0.05, 0.1) is 12.7 Å². The molecular formula is C14H18ClNO3S. The van der Waals surface area contributed by atoms with Crippen LogP contribution in [0.25, 0.3) is 0 Å². The van der Waals surface area contributed by atoms with E-state index >= 15 is 0 Å². The molecule has 1 amide bonds. The first-order chi connectivity index (χ1) is 9.53. The van der Waals surface area contributed by atoms with Crippen molar-refractivity contribution >= 4 is 39.8 Å². The third kappa shape index (κ3) is 2.56. The number of methoxy groups -OCH3 is 1. The van der Waals surface area contributed by atoms with Gasteiger partial charge < -0.3 is 9.64 Å². The third-order valence-electron chi connectivity index (χ3n) is 3.60. The van der Waals surface area contributed by atoms with Gasteiger partial charge in [-0.3, -0.25) is 4.79 Å². The molecule has 110 valence electrons. The van der Waals surface area contributed by atoms with Gasteiger partial charge in [-0.25, -0.2) is 4.79 Å². The van der Waals surface area contributed by atoms with Crippen molar-refractivity contribution in [2.45, 2.75) is 26.7 Å². The number of anilines is 1. The molecule has 2 rings (SSSR count). The van der Waals surface area contributed by atoms with Gasteiger partial charge in [-0.2, -0.15) is 0 Å². The summed E-state index contributed by atoms with van der Waals surface area (Å²) < 4.78 is 4.88. The van der Waals surface area contributed by atoms with Crippen molar-refractivity contribution in [1.29, 1.82) is 0 Å². The molecule has 0 radical (unpaired) electrons. The summed E-state index contributed by atoms with van der Waals surface area (Å²) in [6.07, 6.45) is 1.19. The summed E-state index contributed by atoms with van der Waals surface area (Å²) >= 11 is 7.34. The number of alkyl halides is 1. The monoisotopic (exact) mass is 315 g/mol. The molecular weight excluding hydrogens is 298 g/mol. The van der Waals surface area contributed by atoms with E-state index in [2.05, 4.69) is 0 Å². The zero-order chi connectivity index (χ0) is 14.9. The molecule has 1 aromatic rings. The van der Waals surface area contributed by atoms with E-state index in [1.165, 1.54) is 18.4 Å². The minimum absolute atomic E-state index is 0.0321. The Labute approximate surface area is 127 Å². The Morgan fingerprint density at radius 1 is 1.55 bits per heavy atom. The molecule has 0 bridgehead atoms. The topological polar surface area (TPSA) is 46.6 Å². The van der Waals surface area contributed by atoms with Crippen LogP contribution in [0.2, 0.25) is 0 Å². The van der Waals surface area contributed by atoms with Crippen molar-refractivity contribution in [2.75, 3.05) is 24.4 Å². The first-order valence-corrected chi connectivity index (χ1v) is 7.95. The lowest BCUT2D eigenvalue weighted by molar-refractivity contribution is -0.117. The highest BCUT2D eigenvalue weighted by Gasteiger charge is 2.35. The number of carbonyl (C=O) groups is 2. The molecule has 1 aromatic heterocycles. The maximum absolute atomic E-state index is 12.1. The van der Waals surface area contributed by atoms with Crippen LogP contribution in [0.5, 0.6) is 0 Å². The van der Waals surface area contributed by atoms with Crippen molar-refractivity contribution < 1.29 is 14.3 Å². The Kier molecular flexibility index (Phi) is 4.70. The van der Waals surface area contributed by atoms with Crippen molar-refractivity contribution in [3.05, 3.63) is 16.0 Å². The Balaban J connectivity index is 2.46. The summed E-state index contributed by atoms with van der Waals surface area (Å²) in [7, 11) is 1.37. The van der Waals surface area contributed by atoms with Crippen molar-refractivity contribution in [1.82, 2.24) is 0 Å². The number of halogens is 1. The SMILES string of the molecule is CCc1c(C)sc(N2CC(CCl)CC2=O)c1C(=O)OC. The maximum atomic E-state index is 12.1. The summed E-state index contributed by atoms with van der Waals surface area (Å²) in [4.78, 5) is 27.0. The van der Waals surface area contributed by atoms with Gasteiger partial charge in [0.15, 0.2) is 0 Å². The molecule has 0 spiro atoms. The highest BCUT2D eigenvalue weighted by Crippen LogP contribution is 2.39. The van der Waals surface area contributed by atoms with E-state index in [9.17, 15) is 9.59 Å². The molecule has 4 nitrogen and oxygen atoms in total. The van der Waals surface area contributed by atoms with Gasteiger partial charge >= 0.3 is 5.97 Å². The minimum Gasteiger partial charge on any atom is -0.465 e. The molecule has 6 heteroatoms. The van der Waals surface area contributed by atoms with Crippen LogP contribution >= 0.6 is 22.9 Å². The summed E-state index contributed by atoms with van der Waals surface area (Å²) in [5.74, 6) is 0.274. The van der Waals surface area contributed by atoms with Crippen LogP contribution in [0.3, 0.4) is 0 Å². The Bertz CT molecular complexity index is 541. The molecule has 1 unspecified atom stereocenters. The number of amides is 1. The van der Waals surface area contributed by atoms with Gasteiger partial charge in [0, 0.05) is 23.7 Å². The van der Waals surface area contributed by atoms with Gasteiger partial charge in [0.1, 0.15) is 5.00 Å². The van der Waals surface area contributed by atoms with E-state index < -0.39 is 0 Å². The first-order valence-electron chi connectivity index (χ1n) is 6.60. The number of ether oxygens (including phenoxy) is 1. The number of hydrogen-bond acceptors (Lipinski definition) is 4. The molecule has 1 saturated heterocycles. The Morgan fingerprint density at radius 2 is 2.25 bits per heavy atom. The molecule has 20 heavy (non-hydrogen) atoms. The quantitative estimate of drug-likeness (QED) is 0.634. The molecule has 2 heterocycles. The van der Waals surface area contributed by atoms with Crippen LogP contribution in [0.1, 0.15) is 34.1 Å².